The summed E-state index contributed by atoms with van der Waals surface area (Å²) < 4.78 is 32.9. The van der Waals surface area contributed by atoms with Crippen LogP contribution in [-0.2, 0) is 10.0 Å². The lowest BCUT2D eigenvalue weighted by molar-refractivity contribution is 0.407. The van der Waals surface area contributed by atoms with Crippen molar-refractivity contribution in [2.24, 2.45) is 0 Å². The summed E-state index contributed by atoms with van der Waals surface area (Å²) >= 11 is 0. The summed E-state index contributed by atoms with van der Waals surface area (Å²) in [5.41, 5.74) is 0.418. The second-order valence-corrected chi connectivity index (χ2v) is 6.65. The Kier molecular flexibility index (Phi) is 3.08. The van der Waals surface area contributed by atoms with Crippen LogP contribution in [0.1, 0.15) is 6.42 Å². The molecule has 1 aromatic carbocycles. The van der Waals surface area contributed by atoms with E-state index in [0.717, 1.165) is 24.9 Å². The van der Waals surface area contributed by atoms with Gasteiger partial charge in [-0.15, -0.1) is 0 Å². The molecule has 1 saturated heterocycles. The summed E-state index contributed by atoms with van der Waals surface area (Å²) in [5, 5.41) is 0.798. The number of benzene rings is 1. The van der Waals surface area contributed by atoms with Gasteiger partial charge in [0.25, 0.3) is 0 Å². The maximum absolute atomic E-state index is 12.4. The minimum atomic E-state index is -3.53. The molecule has 1 aliphatic heterocycles. The van der Waals surface area contributed by atoms with Gasteiger partial charge in [-0.1, -0.05) is 12.1 Å². The number of fused-ring (bicyclic) bond motifs is 1. The number of furan rings is 1. The van der Waals surface area contributed by atoms with Crippen molar-refractivity contribution in [2.75, 3.05) is 20.1 Å². The van der Waals surface area contributed by atoms with Crippen LogP contribution in [-0.4, -0.2) is 39.5 Å². The number of sulfonamides is 1. The molecule has 1 aliphatic rings. The SMILES string of the molecule is CN1CCC(NS(=O)(=O)c2cccc3ccoc23)C1. The molecule has 0 amide bonds. The van der Waals surface area contributed by atoms with E-state index in [1.54, 1.807) is 18.2 Å². The van der Waals surface area contributed by atoms with E-state index in [4.69, 9.17) is 4.42 Å². The van der Waals surface area contributed by atoms with Crippen molar-refractivity contribution in [1.82, 2.24) is 9.62 Å². The third-order valence-electron chi connectivity index (χ3n) is 3.45. The molecule has 0 aliphatic carbocycles. The van der Waals surface area contributed by atoms with Crippen LogP contribution in [0.3, 0.4) is 0 Å². The standard InChI is InChI=1S/C13H16N2O3S/c1-15-7-5-11(9-15)14-19(16,17)12-4-2-3-10-6-8-18-13(10)12/h2-4,6,8,11,14H,5,7,9H2,1H3. The minimum Gasteiger partial charge on any atom is -0.463 e. The first-order valence-corrected chi connectivity index (χ1v) is 7.72. The van der Waals surface area contributed by atoms with Gasteiger partial charge in [0.1, 0.15) is 4.90 Å². The third kappa shape index (κ3) is 2.39. The highest BCUT2D eigenvalue weighted by Gasteiger charge is 2.27. The van der Waals surface area contributed by atoms with Gasteiger partial charge >= 0.3 is 0 Å². The normalized spacial score (nSPS) is 21.2. The lowest BCUT2D eigenvalue weighted by Gasteiger charge is -2.13. The van der Waals surface area contributed by atoms with Crippen LogP contribution in [0.25, 0.3) is 11.0 Å². The zero-order valence-electron chi connectivity index (χ0n) is 10.7. The summed E-state index contributed by atoms with van der Waals surface area (Å²) in [6.07, 6.45) is 2.34. The summed E-state index contributed by atoms with van der Waals surface area (Å²) in [6.45, 7) is 1.66. The van der Waals surface area contributed by atoms with E-state index < -0.39 is 10.0 Å². The molecular formula is C13H16N2O3S. The number of hydrogen-bond donors (Lipinski definition) is 1. The lowest BCUT2D eigenvalue weighted by Crippen LogP contribution is -2.36. The fourth-order valence-electron chi connectivity index (χ4n) is 2.49. The molecule has 6 heteroatoms. The highest BCUT2D eigenvalue weighted by atomic mass is 32.2. The number of rotatable bonds is 3. The third-order valence-corrected chi connectivity index (χ3v) is 4.99. The second-order valence-electron chi connectivity index (χ2n) is 4.96. The fraction of sp³-hybridized carbons (Fsp3) is 0.385. The van der Waals surface area contributed by atoms with Gasteiger partial charge in [0.2, 0.25) is 10.0 Å². The molecule has 0 saturated carbocycles. The lowest BCUT2D eigenvalue weighted by atomic mass is 10.3. The summed E-state index contributed by atoms with van der Waals surface area (Å²) in [7, 11) is -1.55. The number of likely N-dealkylation sites (tertiary alicyclic amines) is 1. The van der Waals surface area contributed by atoms with E-state index in [9.17, 15) is 8.42 Å². The molecule has 0 radical (unpaired) electrons. The van der Waals surface area contributed by atoms with Gasteiger partial charge in [0.15, 0.2) is 5.58 Å². The first-order valence-electron chi connectivity index (χ1n) is 6.23. The van der Waals surface area contributed by atoms with Gasteiger partial charge in [-0.2, -0.15) is 0 Å². The van der Waals surface area contributed by atoms with Gasteiger partial charge in [0, 0.05) is 18.0 Å². The monoisotopic (exact) mass is 280 g/mol. The molecule has 3 rings (SSSR count). The zero-order valence-corrected chi connectivity index (χ0v) is 11.5. The number of nitrogens with zero attached hydrogens (tertiary/aromatic N) is 1. The Morgan fingerprint density at radius 2 is 2.21 bits per heavy atom. The van der Waals surface area contributed by atoms with Crippen LogP contribution in [0.2, 0.25) is 0 Å². The molecule has 1 unspecified atom stereocenters. The Balaban J connectivity index is 1.93. The van der Waals surface area contributed by atoms with Crippen LogP contribution in [0.15, 0.2) is 39.8 Å². The van der Waals surface area contributed by atoms with Crippen molar-refractivity contribution in [3.8, 4) is 0 Å². The van der Waals surface area contributed by atoms with E-state index in [2.05, 4.69) is 9.62 Å². The molecule has 2 aromatic rings. The van der Waals surface area contributed by atoms with Crippen LogP contribution >= 0.6 is 0 Å². The average molecular weight is 280 g/mol. The molecule has 1 fully saturated rings. The number of likely N-dealkylation sites (N-methyl/N-ethyl adjacent to an activating group) is 1. The average Bonchev–Trinajstić information content (AvgIpc) is 2.96. The van der Waals surface area contributed by atoms with Gasteiger partial charge < -0.3 is 9.32 Å². The molecular weight excluding hydrogens is 264 g/mol. The van der Waals surface area contributed by atoms with E-state index in [1.807, 2.05) is 13.1 Å². The molecule has 0 spiro atoms. The first kappa shape index (κ1) is 12.7. The molecule has 19 heavy (non-hydrogen) atoms. The van der Waals surface area contributed by atoms with Crippen molar-refractivity contribution >= 4 is 21.0 Å². The fourth-order valence-corrected chi connectivity index (χ4v) is 3.92. The molecule has 1 aromatic heterocycles. The van der Waals surface area contributed by atoms with Crippen LogP contribution < -0.4 is 4.72 Å². The van der Waals surface area contributed by atoms with Crippen LogP contribution in [0, 0.1) is 0 Å². The van der Waals surface area contributed by atoms with Gasteiger partial charge in [-0.05, 0) is 32.1 Å². The highest BCUT2D eigenvalue weighted by Crippen LogP contribution is 2.24. The smallest absolute Gasteiger partial charge is 0.244 e. The molecule has 5 nitrogen and oxygen atoms in total. The van der Waals surface area contributed by atoms with Crippen molar-refractivity contribution in [1.29, 1.82) is 0 Å². The van der Waals surface area contributed by atoms with Gasteiger partial charge in [-0.3, -0.25) is 0 Å². The number of nitrogens with one attached hydrogen (secondary N) is 1. The number of para-hydroxylation sites is 1. The number of hydrogen-bond acceptors (Lipinski definition) is 4. The van der Waals surface area contributed by atoms with E-state index in [-0.39, 0.29) is 10.9 Å². The second kappa shape index (κ2) is 4.63. The largest absolute Gasteiger partial charge is 0.463 e. The summed E-state index contributed by atoms with van der Waals surface area (Å²) in [4.78, 5) is 2.32. The van der Waals surface area contributed by atoms with E-state index in [0.29, 0.717) is 5.58 Å². The summed E-state index contributed by atoms with van der Waals surface area (Å²) in [5.74, 6) is 0. The quantitative estimate of drug-likeness (QED) is 0.923. The Morgan fingerprint density at radius 3 is 2.95 bits per heavy atom. The van der Waals surface area contributed by atoms with Crippen molar-refractivity contribution in [3.05, 3.63) is 30.5 Å². The Labute approximate surface area is 112 Å². The molecule has 102 valence electrons. The highest BCUT2D eigenvalue weighted by molar-refractivity contribution is 7.89. The molecule has 1 atom stereocenters. The van der Waals surface area contributed by atoms with Crippen molar-refractivity contribution < 1.29 is 12.8 Å². The molecule has 1 N–H and O–H groups in total. The first-order chi connectivity index (χ1) is 9.06. The summed E-state index contributed by atoms with van der Waals surface area (Å²) in [6, 6.07) is 6.87. The van der Waals surface area contributed by atoms with Crippen LogP contribution in [0.5, 0.6) is 0 Å². The van der Waals surface area contributed by atoms with Gasteiger partial charge in [-0.25, -0.2) is 13.1 Å². The molecule has 0 bridgehead atoms. The minimum absolute atomic E-state index is 0.0276. The molecule has 2 heterocycles. The van der Waals surface area contributed by atoms with Crippen LogP contribution in [0.4, 0.5) is 0 Å². The Bertz CT molecular complexity index is 693. The maximum atomic E-state index is 12.4. The van der Waals surface area contributed by atoms with E-state index in [1.165, 1.54) is 6.26 Å². The topological polar surface area (TPSA) is 62.6 Å². The van der Waals surface area contributed by atoms with Crippen molar-refractivity contribution in [3.63, 3.8) is 0 Å². The maximum Gasteiger partial charge on any atom is 0.244 e. The Hall–Kier alpha value is -1.37. The predicted molar refractivity (Wildman–Crippen MR) is 72.4 cm³/mol. The zero-order chi connectivity index (χ0) is 13.5. The Morgan fingerprint density at radius 1 is 1.37 bits per heavy atom. The van der Waals surface area contributed by atoms with Crippen molar-refractivity contribution in [2.45, 2.75) is 17.4 Å². The van der Waals surface area contributed by atoms with E-state index >= 15 is 0 Å². The van der Waals surface area contributed by atoms with Gasteiger partial charge in [0.05, 0.1) is 6.26 Å². The predicted octanol–water partition coefficient (Wildman–Crippen LogP) is 1.42.